The fraction of sp³-hybridized carbons (Fsp3) is 0.778. The lowest BCUT2D eigenvalue weighted by Crippen LogP contribution is -2.51. The molecule has 9 heteroatoms. The lowest BCUT2D eigenvalue weighted by atomic mass is 10.2. The van der Waals surface area contributed by atoms with E-state index in [2.05, 4.69) is 45.8 Å². The van der Waals surface area contributed by atoms with Gasteiger partial charge in [0.25, 0.3) is 0 Å². The smallest absolute Gasteiger partial charge is 0.331 e. The van der Waals surface area contributed by atoms with Gasteiger partial charge in [-0.15, -0.1) is 0 Å². The van der Waals surface area contributed by atoms with Crippen LogP contribution in [0.1, 0.15) is 27.2 Å². The largest absolute Gasteiger partial charge is 0.463 e. The second-order valence-corrected chi connectivity index (χ2v) is 22.3. The van der Waals surface area contributed by atoms with E-state index in [9.17, 15) is 9.59 Å². The van der Waals surface area contributed by atoms with Crippen LogP contribution in [0.15, 0.2) is 12.2 Å². The van der Waals surface area contributed by atoms with E-state index in [0.29, 0.717) is 6.61 Å². The third-order valence-corrected chi connectivity index (χ3v) is 13.2. The van der Waals surface area contributed by atoms with Gasteiger partial charge in [-0.3, -0.25) is 0 Å². The molecular formula is C18H38O6Si3. The maximum Gasteiger partial charge on any atom is 0.331 e. The molecule has 0 heterocycles. The molecule has 0 rings (SSSR count). The van der Waals surface area contributed by atoms with Crippen LogP contribution >= 0.6 is 0 Å². The maximum atomic E-state index is 11.7. The number of ether oxygens (including phenoxy) is 2. The Balaban J connectivity index is 4.28. The van der Waals surface area contributed by atoms with E-state index in [0.717, 1.165) is 24.6 Å². The Bertz CT molecular complexity index is 530. The van der Waals surface area contributed by atoms with Crippen LogP contribution in [-0.2, 0) is 27.3 Å². The van der Waals surface area contributed by atoms with Crippen LogP contribution in [0.25, 0.3) is 0 Å². The first kappa shape index (κ1) is 26.3. The third kappa shape index (κ3) is 16.0. The molecule has 0 radical (unpaired) electrons. The van der Waals surface area contributed by atoms with E-state index in [1.807, 2.05) is 0 Å². The first-order chi connectivity index (χ1) is 11.9. The van der Waals surface area contributed by atoms with E-state index in [4.69, 9.17) is 17.7 Å². The molecule has 0 saturated carbocycles. The van der Waals surface area contributed by atoms with Crippen LogP contribution in [0.5, 0.6) is 0 Å². The number of rotatable bonds is 10. The molecule has 0 aliphatic carbocycles. The lowest BCUT2D eigenvalue weighted by molar-refractivity contribution is -0.149. The Kier molecular flexibility index (Phi) is 9.87. The van der Waals surface area contributed by atoms with E-state index < -0.39 is 42.7 Å². The minimum Gasteiger partial charge on any atom is -0.463 e. The third-order valence-electron chi connectivity index (χ3n) is 3.00. The van der Waals surface area contributed by atoms with Crippen LogP contribution in [-0.4, -0.2) is 49.3 Å². The molecule has 6 nitrogen and oxygen atoms in total. The SMILES string of the molecule is CC(C)(C)OC(=O)/C=C/C(=O)OCCC[Si](C)(C)O[Si](C)(C)O[Si](C)(C)C. The second kappa shape index (κ2) is 10.1. The highest BCUT2D eigenvalue weighted by molar-refractivity contribution is 6.87. The van der Waals surface area contributed by atoms with E-state index in [-0.39, 0.29) is 0 Å². The number of esters is 2. The van der Waals surface area contributed by atoms with Gasteiger partial charge in [-0.25, -0.2) is 9.59 Å². The zero-order valence-electron chi connectivity index (χ0n) is 18.7. The van der Waals surface area contributed by atoms with Gasteiger partial charge in [0, 0.05) is 12.2 Å². The maximum absolute atomic E-state index is 11.7. The molecule has 0 atom stereocenters. The van der Waals surface area contributed by atoms with Crippen LogP contribution in [0, 0.1) is 0 Å². The number of carbonyl (C=O) groups excluding carboxylic acids is 2. The van der Waals surface area contributed by atoms with Crippen LogP contribution in [0.4, 0.5) is 0 Å². The molecule has 0 spiro atoms. The van der Waals surface area contributed by atoms with Crippen molar-refractivity contribution in [2.24, 2.45) is 0 Å². The molecule has 158 valence electrons. The van der Waals surface area contributed by atoms with Crippen LogP contribution in [0.2, 0.25) is 51.9 Å². The van der Waals surface area contributed by atoms with Gasteiger partial charge in [-0.1, -0.05) is 0 Å². The predicted octanol–water partition coefficient (Wildman–Crippen LogP) is 4.59. The second-order valence-electron chi connectivity index (χ2n) is 9.61. The molecule has 0 saturated heterocycles. The average molecular weight is 435 g/mol. The van der Waals surface area contributed by atoms with E-state index in [1.54, 1.807) is 20.8 Å². The highest BCUT2D eigenvalue weighted by atomic mass is 28.5. The Labute approximate surface area is 168 Å². The molecule has 0 fully saturated rings. The average Bonchev–Trinajstić information content (AvgIpc) is 2.35. The highest BCUT2D eigenvalue weighted by Crippen LogP contribution is 2.23. The lowest BCUT2D eigenvalue weighted by Gasteiger charge is -2.37. The van der Waals surface area contributed by atoms with Crippen molar-refractivity contribution in [3.63, 3.8) is 0 Å². The van der Waals surface area contributed by atoms with Gasteiger partial charge < -0.3 is 17.7 Å². The van der Waals surface area contributed by atoms with Crippen molar-refractivity contribution >= 4 is 37.1 Å². The first-order valence-corrected chi connectivity index (χ1v) is 18.7. The quantitative estimate of drug-likeness (QED) is 0.217. The Morgan fingerprint density at radius 2 is 1.37 bits per heavy atom. The highest BCUT2D eigenvalue weighted by Gasteiger charge is 2.37. The molecule has 0 bridgehead atoms. The van der Waals surface area contributed by atoms with Crippen molar-refractivity contribution in [2.75, 3.05) is 6.61 Å². The summed E-state index contributed by atoms with van der Waals surface area (Å²) in [4.78, 5) is 23.2. The Hall–Kier alpha value is -0.749. The van der Waals surface area contributed by atoms with Crippen LogP contribution in [0.3, 0.4) is 0 Å². The predicted molar refractivity (Wildman–Crippen MR) is 116 cm³/mol. The molecule has 0 aromatic heterocycles. The fourth-order valence-corrected chi connectivity index (χ4v) is 15.8. The van der Waals surface area contributed by atoms with Crippen molar-refractivity contribution in [3.05, 3.63) is 12.2 Å². The van der Waals surface area contributed by atoms with E-state index >= 15 is 0 Å². The summed E-state index contributed by atoms with van der Waals surface area (Å²) in [5.74, 6) is -1.10. The summed E-state index contributed by atoms with van der Waals surface area (Å²) in [5, 5.41) is 0. The summed E-state index contributed by atoms with van der Waals surface area (Å²) < 4.78 is 22.9. The molecular weight excluding hydrogens is 396 g/mol. The van der Waals surface area contributed by atoms with Gasteiger partial charge in [-0.2, -0.15) is 0 Å². The Morgan fingerprint density at radius 3 is 1.85 bits per heavy atom. The van der Waals surface area contributed by atoms with Gasteiger partial charge in [0.2, 0.25) is 0 Å². The van der Waals surface area contributed by atoms with Crippen LogP contribution < -0.4 is 0 Å². The molecule has 27 heavy (non-hydrogen) atoms. The van der Waals surface area contributed by atoms with Gasteiger partial charge in [-0.05, 0) is 79.1 Å². The van der Waals surface area contributed by atoms with Crippen molar-refractivity contribution in [3.8, 4) is 0 Å². The summed E-state index contributed by atoms with van der Waals surface area (Å²) >= 11 is 0. The summed E-state index contributed by atoms with van der Waals surface area (Å²) in [6.07, 6.45) is 2.92. The number of carbonyl (C=O) groups is 2. The van der Waals surface area contributed by atoms with Gasteiger partial charge in [0.05, 0.1) is 6.61 Å². The van der Waals surface area contributed by atoms with Crippen molar-refractivity contribution in [1.82, 2.24) is 0 Å². The number of hydrogen-bond donors (Lipinski definition) is 0. The van der Waals surface area contributed by atoms with E-state index in [1.165, 1.54) is 0 Å². The van der Waals surface area contributed by atoms with Gasteiger partial charge in [0.1, 0.15) is 5.60 Å². The molecule has 0 aromatic rings. The monoisotopic (exact) mass is 434 g/mol. The molecule has 0 amide bonds. The van der Waals surface area contributed by atoms with Crippen molar-refractivity contribution in [2.45, 2.75) is 84.7 Å². The summed E-state index contributed by atoms with van der Waals surface area (Å²) in [6, 6.07) is 0.877. The molecule has 0 unspecified atom stereocenters. The summed E-state index contributed by atoms with van der Waals surface area (Å²) in [7, 11) is -5.68. The van der Waals surface area contributed by atoms with Crippen molar-refractivity contribution < 1.29 is 27.3 Å². The molecule has 0 N–H and O–H groups in total. The first-order valence-electron chi connectivity index (χ1n) is 9.39. The summed E-state index contributed by atoms with van der Waals surface area (Å²) in [6.45, 7) is 20.6. The zero-order valence-corrected chi connectivity index (χ0v) is 21.7. The molecule has 0 aliphatic rings. The van der Waals surface area contributed by atoms with Gasteiger partial charge in [0.15, 0.2) is 16.6 Å². The topological polar surface area (TPSA) is 71.1 Å². The minimum absolute atomic E-state index is 0.300. The zero-order chi connectivity index (χ0) is 21.5. The van der Waals surface area contributed by atoms with Gasteiger partial charge >= 0.3 is 20.5 Å². The molecule has 0 aromatic carbocycles. The molecule has 0 aliphatic heterocycles. The summed E-state index contributed by atoms with van der Waals surface area (Å²) in [5.41, 5.74) is -0.585. The standard InChI is InChI=1S/C18H38O6Si3/c1-18(2,3)22-17(20)13-12-16(19)21-14-11-15-26(7,8)24-27(9,10)23-25(4,5)6/h12-13H,11,14-15H2,1-10H3/b13-12+. The normalized spacial score (nSPS) is 13.7. The number of hydrogen-bond acceptors (Lipinski definition) is 6. The minimum atomic E-state index is -2.15. The Morgan fingerprint density at radius 1 is 0.852 bits per heavy atom. The van der Waals surface area contributed by atoms with Crippen molar-refractivity contribution in [1.29, 1.82) is 0 Å². The fourth-order valence-electron chi connectivity index (χ4n) is 2.67.